The standard InChI is InChI=1S/C41H40Cl2N8O2/c1-22-15-28(16-23(2)37(22)43)53-14-8-9-29-30-11-12-32(42)36(35-25(4)44-20-45-26(35)5)38(30)51-24(3)18-50(41(52)39(29)51)34-19-48(6)33-13-10-27(17-31(33)34)40-46-21-49(7)47-40/h10-13,15-17,19-21,24H,8-9,14,18H2,1-7H3. The number of hydrogen-bond donors (Lipinski definition) is 0. The summed E-state index contributed by atoms with van der Waals surface area (Å²) in [4.78, 5) is 30.7. The molecule has 0 N–H and O–H groups in total. The molecule has 0 spiro atoms. The fourth-order valence-electron chi connectivity index (χ4n) is 7.95. The van der Waals surface area contributed by atoms with Gasteiger partial charge < -0.3 is 18.8 Å². The van der Waals surface area contributed by atoms with Crippen molar-refractivity contribution < 1.29 is 9.53 Å². The largest absolute Gasteiger partial charge is 0.494 e. The third-order valence-electron chi connectivity index (χ3n) is 10.4. The highest BCUT2D eigenvalue weighted by Gasteiger charge is 2.37. The van der Waals surface area contributed by atoms with Crippen molar-refractivity contribution in [1.82, 2.24) is 33.9 Å². The first-order chi connectivity index (χ1) is 25.4. The normalized spacial score (nSPS) is 14.5. The number of hydrogen-bond acceptors (Lipinski definition) is 6. The molecule has 0 bridgehead atoms. The summed E-state index contributed by atoms with van der Waals surface area (Å²) < 4.78 is 12.2. The van der Waals surface area contributed by atoms with Crippen LogP contribution in [0.25, 0.3) is 44.3 Å². The number of rotatable bonds is 8. The first-order valence-electron chi connectivity index (χ1n) is 17.7. The zero-order chi connectivity index (χ0) is 37.3. The summed E-state index contributed by atoms with van der Waals surface area (Å²) in [7, 11) is 3.86. The Balaban J connectivity index is 1.26. The molecule has 1 aliphatic rings. The number of aromatic nitrogens is 7. The van der Waals surface area contributed by atoms with Gasteiger partial charge in [-0.25, -0.2) is 15.0 Å². The average molecular weight is 748 g/mol. The van der Waals surface area contributed by atoms with Crippen LogP contribution in [-0.4, -0.2) is 52.9 Å². The van der Waals surface area contributed by atoms with Gasteiger partial charge in [0.2, 0.25) is 0 Å². The highest BCUT2D eigenvalue weighted by Crippen LogP contribution is 2.45. The molecule has 1 unspecified atom stereocenters. The minimum atomic E-state index is -0.0893. The number of halogens is 2. The summed E-state index contributed by atoms with van der Waals surface area (Å²) in [6.45, 7) is 11.0. The maximum atomic E-state index is 15.2. The number of amides is 1. The van der Waals surface area contributed by atoms with E-state index in [-0.39, 0.29) is 11.9 Å². The predicted molar refractivity (Wildman–Crippen MR) is 211 cm³/mol. The molecule has 0 radical (unpaired) electrons. The van der Waals surface area contributed by atoms with Gasteiger partial charge in [0.25, 0.3) is 5.91 Å². The van der Waals surface area contributed by atoms with Gasteiger partial charge in [-0.15, -0.1) is 0 Å². The van der Waals surface area contributed by atoms with E-state index in [2.05, 4.69) is 54.3 Å². The Morgan fingerprint density at radius 1 is 0.906 bits per heavy atom. The summed E-state index contributed by atoms with van der Waals surface area (Å²) in [5.41, 5.74) is 10.7. The molecule has 1 atom stereocenters. The van der Waals surface area contributed by atoms with Crippen molar-refractivity contribution in [2.75, 3.05) is 18.1 Å². The summed E-state index contributed by atoms with van der Waals surface area (Å²) in [5, 5.41) is 7.82. The van der Waals surface area contributed by atoms with Gasteiger partial charge in [-0.3, -0.25) is 9.48 Å². The highest BCUT2D eigenvalue weighted by atomic mass is 35.5. The predicted octanol–water partition coefficient (Wildman–Crippen LogP) is 9.16. The number of benzene rings is 3. The van der Waals surface area contributed by atoms with E-state index >= 15 is 4.79 Å². The summed E-state index contributed by atoms with van der Waals surface area (Å²) in [6.07, 6.45) is 6.62. The zero-order valence-electron chi connectivity index (χ0n) is 30.8. The summed E-state index contributed by atoms with van der Waals surface area (Å²) in [6, 6.07) is 14.0. The number of ether oxygens (including phenoxy) is 1. The molecule has 3 aromatic carbocycles. The van der Waals surface area contributed by atoms with E-state index in [4.69, 9.17) is 27.9 Å². The molecule has 0 fully saturated rings. The quantitative estimate of drug-likeness (QED) is 0.144. The van der Waals surface area contributed by atoms with Crippen LogP contribution in [0.1, 0.15) is 58.0 Å². The summed E-state index contributed by atoms with van der Waals surface area (Å²) in [5.74, 6) is 1.35. The topological polar surface area (TPSA) is 95.9 Å². The van der Waals surface area contributed by atoms with Crippen molar-refractivity contribution in [3.8, 4) is 28.3 Å². The summed E-state index contributed by atoms with van der Waals surface area (Å²) >= 11 is 13.5. The minimum absolute atomic E-state index is 0.0622. The van der Waals surface area contributed by atoms with Gasteiger partial charge in [0.15, 0.2) is 5.82 Å². The lowest BCUT2D eigenvalue weighted by atomic mass is 9.97. The van der Waals surface area contributed by atoms with Crippen LogP contribution in [0, 0.1) is 27.7 Å². The lowest BCUT2D eigenvalue weighted by Gasteiger charge is -2.34. The molecule has 10 nitrogen and oxygen atoms in total. The number of anilines is 1. The molecule has 53 heavy (non-hydrogen) atoms. The van der Waals surface area contributed by atoms with Crippen molar-refractivity contribution in [2.45, 2.75) is 53.5 Å². The van der Waals surface area contributed by atoms with Gasteiger partial charge in [-0.1, -0.05) is 29.3 Å². The van der Waals surface area contributed by atoms with E-state index in [0.29, 0.717) is 42.5 Å². The Hall–Kier alpha value is -5.19. The average Bonchev–Trinajstić information content (AvgIpc) is 3.81. The van der Waals surface area contributed by atoms with Crippen LogP contribution in [-0.2, 0) is 20.5 Å². The van der Waals surface area contributed by atoms with Gasteiger partial charge in [-0.05, 0) is 101 Å². The lowest BCUT2D eigenvalue weighted by molar-refractivity contribution is 0.0957. The molecular formula is C41H40Cl2N8O2. The second kappa shape index (κ2) is 13.3. The Kier molecular flexibility index (Phi) is 8.78. The number of aryl methyl sites for hydroxylation is 7. The Labute approximate surface area is 318 Å². The SMILES string of the molecule is Cc1cc(OCCCc2c3n(c4c(-c5c(C)ncnc5C)c(Cl)ccc24)C(C)CN(c2cn(C)c4ccc(-c5ncn(C)n5)cc24)C3=O)cc(C)c1Cl. The molecule has 1 amide bonds. The Bertz CT molecular complexity index is 2560. The second-order valence-electron chi connectivity index (χ2n) is 14.1. The molecule has 5 heterocycles. The van der Waals surface area contributed by atoms with E-state index in [0.717, 1.165) is 83.0 Å². The molecule has 7 aromatic rings. The van der Waals surface area contributed by atoms with Gasteiger partial charge in [-0.2, -0.15) is 5.10 Å². The van der Waals surface area contributed by atoms with Crippen LogP contribution in [0.3, 0.4) is 0 Å². The Morgan fingerprint density at radius 3 is 2.34 bits per heavy atom. The fourth-order valence-corrected chi connectivity index (χ4v) is 8.31. The zero-order valence-corrected chi connectivity index (χ0v) is 32.3. The molecular weight excluding hydrogens is 707 g/mol. The van der Waals surface area contributed by atoms with Crippen LogP contribution in [0.5, 0.6) is 5.75 Å². The minimum Gasteiger partial charge on any atom is -0.494 e. The second-order valence-corrected chi connectivity index (χ2v) is 14.9. The molecule has 8 rings (SSSR count). The van der Waals surface area contributed by atoms with Crippen molar-refractivity contribution in [1.29, 1.82) is 0 Å². The van der Waals surface area contributed by atoms with Gasteiger partial charge in [0.1, 0.15) is 24.1 Å². The maximum absolute atomic E-state index is 15.2. The van der Waals surface area contributed by atoms with Gasteiger partial charge >= 0.3 is 0 Å². The maximum Gasteiger partial charge on any atom is 0.275 e. The molecule has 0 aliphatic carbocycles. The smallest absolute Gasteiger partial charge is 0.275 e. The number of carbonyl (C=O) groups excluding carboxylic acids is 1. The monoisotopic (exact) mass is 746 g/mol. The highest BCUT2D eigenvalue weighted by molar-refractivity contribution is 6.35. The first-order valence-corrected chi connectivity index (χ1v) is 18.5. The van der Waals surface area contributed by atoms with Crippen molar-refractivity contribution in [3.05, 3.63) is 105 Å². The van der Waals surface area contributed by atoms with Gasteiger partial charge in [0.05, 0.1) is 22.8 Å². The van der Waals surface area contributed by atoms with E-state index < -0.39 is 0 Å². The Morgan fingerprint density at radius 2 is 1.64 bits per heavy atom. The van der Waals surface area contributed by atoms with E-state index in [1.165, 1.54) is 0 Å². The van der Waals surface area contributed by atoms with E-state index in [1.54, 1.807) is 17.3 Å². The third-order valence-corrected chi connectivity index (χ3v) is 11.3. The molecule has 12 heteroatoms. The first kappa shape index (κ1) is 34.9. The molecule has 4 aromatic heterocycles. The van der Waals surface area contributed by atoms with E-state index in [1.807, 2.05) is 77.2 Å². The fraction of sp³-hybridized carbons (Fsp3) is 0.293. The molecule has 0 saturated heterocycles. The van der Waals surface area contributed by atoms with Crippen LogP contribution in [0.15, 0.2) is 61.3 Å². The van der Waals surface area contributed by atoms with Crippen LogP contribution in [0.4, 0.5) is 5.69 Å². The van der Waals surface area contributed by atoms with Crippen LogP contribution >= 0.6 is 23.2 Å². The van der Waals surface area contributed by atoms with Crippen LogP contribution < -0.4 is 9.64 Å². The third kappa shape index (κ3) is 5.84. The van der Waals surface area contributed by atoms with E-state index in [9.17, 15) is 0 Å². The van der Waals surface area contributed by atoms with Crippen molar-refractivity contribution in [3.63, 3.8) is 0 Å². The number of nitrogens with zero attached hydrogens (tertiary/aromatic N) is 8. The van der Waals surface area contributed by atoms with Crippen molar-refractivity contribution >= 4 is 56.6 Å². The molecule has 270 valence electrons. The van der Waals surface area contributed by atoms with Crippen LogP contribution in [0.2, 0.25) is 10.0 Å². The molecule has 1 aliphatic heterocycles. The number of carbonyl (C=O) groups is 1. The number of fused-ring (bicyclic) bond motifs is 4. The van der Waals surface area contributed by atoms with Gasteiger partial charge in [0, 0.05) is 82.3 Å². The molecule has 0 saturated carbocycles. The van der Waals surface area contributed by atoms with Crippen molar-refractivity contribution in [2.24, 2.45) is 14.1 Å². The lowest BCUT2D eigenvalue weighted by Crippen LogP contribution is -2.42.